The largest absolute Gasteiger partial charge is 1.00 e. The van der Waals surface area contributed by atoms with Gasteiger partial charge in [0.15, 0.2) is 11.8 Å². The predicted molar refractivity (Wildman–Crippen MR) is 73.0 cm³/mol. The first-order valence-electron chi connectivity index (χ1n) is 6.10. The number of hydrogen-bond acceptors (Lipinski definition) is 2. The Labute approximate surface area is 125 Å². The molecule has 2 rings (SSSR count). The van der Waals surface area contributed by atoms with Crippen molar-refractivity contribution in [1.29, 1.82) is 0 Å². The van der Waals surface area contributed by atoms with E-state index >= 15 is 0 Å². The summed E-state index contributed by atoms with van der Waals surface area (Å²) in [5.74, 6) is 0.150. The topological polar surface area (TPSA) is 20.3 Å². The molecule has 1 atom stereocenters. The van der Waals surface area contributed by atoms with E-state index in [1.54, 1.807) is 0 Å². The highest BCUT2D eigenvalue weighted by atomic mass is 35.5. The first-order chi connectivity index (χ1) is 8.54. The van der Waals surface area contributed by atoms with Gasteiger partial charge in [-0.15, -0.1) is 0 Å². The van der Waals surface area contributed by atoms with Gasteiger partial charge in [0.2, 0.25) is 5.78 Å². The average molecular weight is 301 g/mol. The van der Waals surface area contributed by atoms with Gasteiger partial charge in [-0.3, -0.25) is 9.28 Å². The van der Waals surface area contributed by atoms with Crippen LogP contribution >= 0.6 is 11.6 Å². The number of nitrogens with zero attached hydrogens (tertiary/aromatic N) is 2. The molecule has 1 unspecified atom stereocenters. The van der Waals surface area contributed by atoms with Crippen LogP contribution in [0.2, 0.25) is 0 Å². The van der Waals surface area contributed by atoms with Gasteiger partial charge >= 0.3 is 0 Å². The molecule has 3 nitrogen and oxygen atoms in total. The number of ketones is 1. The molecule has 0 aliphatic carbocycles. The number of likely N-dealkylation sites (N-methyl/N-ethyl adjacent to an activating group) is 1. The maximum Gasteiger partial charge on any atom is 0.217 e. The van der Waals surface area contributed by atoms with E-state index in [4.69, 9.17) is 11.6 Å². The fraction of sp³-hybridized carbons (Fsp3) is 0.357. The Morgan fingerprint density at radius 1 is 1.37 bits per heavy atom. The zero-order chi connectivity index (χ0) is 13.2. The predicted octanol–water partition coefficient (Wildman–Crippen LogP) is -0.349. The Bertz CT molecular complexity index is 476. The van der Waals surface area contributed by atoms with Gasteiger partial charge in [-0.1, -0.05) is 41.9 Å². The smallest absolute Gasteiger partial charge is 0.217 e. The van der Waals surface area contributed by atoms with Gasteiger partial charge in [0, 0.05) is 12.1 Å². The molecule has 1 aromatic carbocycles. The minimum atomic E-state index is 0. The number of carbonyl (C=O) groups is 1. The Morgan fingerprint density at radius 2 is 2.00 bits per heavy atom. The lowest BCUT2D eigenvalue weighted by Crippen LogP contribution is -3.00. The molecule has 0 saturated carbocycles. The second-order valence-corrected chi connectivity index (χ2v) is 5.26. The van der Waals surface area contributed by atoms with E-state index in [-0.39, 0.29) is 18.2 Å². The summed E-state index contributed by atoms with van der Waals surface area (Å²) in [4.78, 5) is 14.3. The first-order valence-corrected chi connectivity index (χ1v) is 6.48. The van der Waals surface area contributed by atoms with Crippen LogP contribution in [0.4, 0.5) is 0 Å². The van der Waals surface area contributed by atoms with Gasteiger partial charge in [0.1, 0.15) is 12.7 Å². The zero-order valence-electron chi connectivity index (χ0n) is 11.1. The maximum atomic E-state index is 12.2. The lowest BCUT2D eigenvalue weighted by molar-refractivity contribution is -0.852. The molecule has 5 heteroatoms. The second kappa shape index (κ2) is 6.42. The van der Waals surface area contributed by atoms with Gasteiger partial charge in [0.05, 0.1) is 7.05 Å². The number of carbonyl (C=O) groups excluding carboxylic acids is 1. The van der Waals surface area contributed by atoms with Gasteiger partial charge < -0.3 is 17.3 Å². The van der Waals surface area contributed by atoms with Crippen molar-refractivity contribution in [2.45, 2.75) is 6.92 Å². The summed E-state index contributed by atoms with van der Waals surface area (Å²) in [5, 5.41) is 0.737. The minimum Gasteiger partial charge on any atom is -1.00 e. The molecule has 0 spiro atoms. The molecule has 1 aliphatic rings. The number of Topliss-reactive ketones (excluding diaryl/α,β-unsaturated/α-hetero) is 1. The van der Waals surface area contributed by atoms with Crippen LogP contribution in [0.5, 0.6) is 0 Å². The van der Waals surface area contributed by atoms with Gasteiger partial charge in [-0.2, -0.15) is 0 Å². The van der Waals surface area contributed by atoms with Crippen LogP contribution in [-0.4, -0.2) is 42.0 Å². The molecule has 0 radical (unpaired) electrons. The lowest BCUT2D eigenvalue weighted by atomic mass is 10.1. The van der Waals surface area contributed by atoms with Gasteiger partial charge in [0.25, 0.3) is 0 Å². The Kier molecular flexibility index (Phi) is 5.41. The molecular weight excluding hydrogens is 283 g/mol. The number of benzene rings is 1. The van der Waals surface area contributed by atoms with Crippen molar-refractivity contribution in [1.82, 2.24) is 4.90 Å². The molecule has 1 aliphatic heterocycles. The number of hydrogen-bond donors (Lipinski definition) is 0. The highest BCUT2D eigenvalue weighted by Crippen LogP contribution is 2.24. The van der Waals surface area contributed by atoms with Crippen molar-refractivity contribution >= 4 is 17.4 Å². The highest BCUT2D eigenvalue weighted by Gasteiger charge is 2.33. The molecule has 0 N–H and O–H groups in total. The Hall–Kier alpha value is -1.03. The van der Waals surface area contributed by atoms with Crippen LogP contribution in [0.25, 0.3) is 0 Å². The summed E-state index contributed by atoms with van der Waals surface area (Å²) >= 11 is 6.15. The SMILES string of the molecule is CCN1C[N+](C)(CC(=O)c2ccccc2)C=C1Cl.[Cl-]. The van der Waals surface area contributed by atoms with Gasteiger partial charge in [-0.25, -0.2) is 0 Å². The van der Waals surface area contributed by atoms with Crippen molar-refractivity contribution < 1.29 is 21.7 Å². The standard InChI is InChI=1S/C14H18ClN2O.ClH/c1-3-16-11-17(2,10-14(16)15)9-13(18)12-7-5-4-6-8-12;/h4-8,10H,3,9,11H2,1-2H3;1H/q+1;/p-1. The van der Waals surface area contributed by atoms with Crippen molar-refractivity contribution in [3.63, 3.8) is 0 Å². The Balaban J connectivity index is 0.00000180. The van der Waals surface area contributed by atoms with E-state index in [0.29, 0.717) is 11.0 Å². The summed E-state index contributed by atoms with van der Waals surface area (Å²) in [7, 11) is 2.03. The average Bonchev–Trinajstić information content (AvgIpc) is 2.65. The molecule has 19 heavy (non-hydrogen) atoms. The van der Waals surface area contributed by atoms with Crippen LogP contribution < -0.4 is 12.4 Å². The lowest BCUT2D eigenvalue weighted by Gasteiger charge is -2.27. The van der Waals surface area contributed by atoms with E-state index in [0.717, 1.165) is 23.9 Å². The minimum absolute atomic E-state index is 0. The molecule has 0 aromatic heterocycles. The van der Waals surface area contributed by atoms with Crippen LogP contribution in [0.3, 0.4) is 0 Å². The third kappa shape index (κ3) is 3.72. The fourth-order valence-corrected chi connectivity index (χ4v) is 2.64. The van der Waals surface area contributed by atoms with Crippen molar-refractivity contribution in [3.05, 3.63) is 47.3 Å². The number of quaternary nitrogens is 1. The monoisotopic (exact) mass is 300 g/mol. The second-order valence-electron chi connectivity index (χ2n) is 4.88. The van der Waals surface area contributed by atoms with Crippen molar-refractivity contribution in [2.75, 3.05) is 26.8 Å². The third-order valence-electron chi connectivity index (χ3n) is 3.20. The molecule has 0 fully saturated rings. The summed E-state index contributed by atoms with van der Waals surface area (Å²) in [5.41, 5.74) is 0.760. The summed E-state index contributed by atoms with van der Waals surface area (Å²) in [6, 6.07) is 9.40. The normalized spacial score (nSPS) is 21.8. The summed E-state index contributed by atoms with van der Waals surface area (Å²) in [6.07, 6.45) is 1.95. The Morgan fingerprint density at radius 3 is 2.53 bits per heavy atom. The molecule has 0 amide bonds. The molecule has 0 saturated heterocycles. The van der Waals surface area contributed by atoms with Crippen LogP contribution in [0, 0.1) is 0 Å². The quantitative estimate of drug-likeness (QED) is 0.430. The molecule has 0 bridgehead atoms. The van der Waals surface area contributed by atoms with E-state index < -0.39 is 0 Å². The van der Waals surface area contributed by atoms with Crippen LogP contribution in [-0.2, 0) is 0 Å². The van der Waals surface area contributed by atoms with E-state index in [9.17, 15) is 4.79 Å². The molecule has 1 heterocycles. The third-order valence-corrected chi connectivity index (χ3v) is 3.53. The van der Waals surface area contributed by atoms with Crippen molar-refractivity contribution in [3.8, 4) is 0 Å². The number of halogens is 2. The first kappa shape index (κ1) is 16.0. The van der Waals surface area contributed by atoms with Crippen LogP contribution in [0.1, 0.15) is 17.3 Å². The molecule has 1 aromatic rings. The highest BCUT2D eigenvalue weighted by molar-refractivity contribution is 6.29. The van der Waals surface area contributed by atoms with E-state index in [1.165, 1.54) is 0 Å². The molecule has 104 valence electrons. The fourth-order valence-electron chi connectivity index (χ4n) is 2.23. The summed E-state index contributed by atoms with van der Waals surface area (Å²) in [6.45, 7) is 4.12. The number of rotatable bonds is 4. The maximum absolute atomic E-state index is 12.2. The van der Waals surface area contributed by atoms with E-state index in [2.05, 4.69) is 11.8 Å². The zero-order valence-corrected chi connectivity index (χ0v) is 12.7. The summed E-state index contributed by atoms with van der Waals surface area (Å²) < 4.78 is 0.542. The van der Waals surface area contributed by atoms with Crippen molar-refractivity contribution in [2.24, 2.45) is 0 Å². The van der Waals surface area contributed by atoms with Gasteiger partial charge in [-0.05, 0) is 6.92 Å². The van der Waals surface area contributed by atoms with Crippen LogP contribution in [0.15, 0.2) is 41.7 Å². The molecular formula is C14H18Cl2N2O. The van der Waals surface area contributed by atoms with E-state index in [1.807, 2.05) is 43.6 Å².